The maximum Gasteiger partial charge on any atom is 0.221 e. The van der Waals surface area contributed by atoms with Crippen molar-refractivity contribution in [2.75, 3.05) is 5.32 Å². The van der Waals surface area contributed by atoms with Crippen LogP contribution in [0.1, 0.15) is 12.5 Å². The van der Waals surface area contributed by atoms with Gasteiger partial charge in [0.1, 0.15) is 5.82 Å². The molecule has 0 saturated heterocycles. The van der Waals surface area contributed by atoms with Crippen molar-refractivity contribution >= 4 is 23.4 Å². The molecule has 30 heavy (non-hydrogen) atoms. The fraction of sp³-hybridized carbons (Fsp3) is 0.0870. The van der Waals surface area contributed by atoms with Crippen LogP contribution in [-0.4, -0.2) is 20.7 Å². The fourth-order valence-corrected chi connectivity index (χ4v) is 3.90. The molecule has 4 rings (SSSR count). The Labute approximate surface area is 178 Å². The van der Waals surface area contributed by atoms with E-state index in [2.05, 4.69) is 15.5 Å². The number of rotatable bonds is 6. The highest BCUT2D eigenvalue weighted by molar-refractivity contribution is 7.98. The van der Waals surface area contributed by atoms with Crippen molar-refractivity contribution in [3.63, 3.8) is 0 Å². The van der Waals surface area contributed by atoms with E-state index >= 15 is 0 Å². The van der Waals surface area contributed by atoms with Crippen LogP contribution >= 0.6 is 11.8 Å². The van der Waals surface area contributed by atoms with E-state index in [4.69, 9.17) is 0 Å². The summed E-state index contributed by atoms with van der Waals surface area (Å²) in [5, 5.41) is 12.3. The Hall–Kier alpha value is -3.45. The summed E-state index contributed by atoms with van der Waals surface area (Å²) in [7, 11) is 0. The van der Waals surface area contributed by atoms with Gasteiger partial charge in [-0.2, -0.15) is 0 Å². The number of hydrogen-bond donors (Lipinski definition) is 1. The quantitative estimate of drug-likeness (QED) is 0.430. The summed E-state index contributed by atoms with van der Waals surface area (Å²) in [6.07, 6.45) is 0. The van der Waals surface area contributed by atoms with E-state index in [1.165, 1.54) is 30.8 Å². The van der Waals surface area contributed by atoms with Crippen molar-refractivity contribution in [1.82, 2.24) is 14.8 Å². The van der Waals surface area contributed by atoms with Crippen molar-refractivity contribution in [1.29, 1.82) is 0 Å². The van der Waals surface area contributed by atoms with Crippen LogP contribution in [0.4, 0.5) is 10.1 Å². The van der Waals surface area contributed by atoms with E-state index in [0.29, 0.717) is 11.6 Å². The molecule has 7 heteroatoms. The summed E-state index contributed by atoms with van der Waals surface area (Å²) in [5.74, 6) is 0.986. The molecule has 1 heterocycles. The summed E-state index contributed by atoms with van der Waals surface area (Å²) in [5.41, 5.74) is 3.56. The minimum absolute atomic E-state index is 0.116. The Bertz CT molecular complexity index is 1140. The molecule has 0 fully saturated rings. The molecule has 5 nitrogen and oxygen atoms in total. The van der Waals surface area contributed by atoms with Gasteiger partial charge in [0.25, 0.3) is 0 Å². The number of carbonyl (C=O) groups excluding carboxylic acids is 1. The van der Waals surface area contributed by atoms with Gasteiger partial charge in [-0.25, -0.2) is 4.39 Å². The number of hydrogen-bond acceptors (Lipinski definition) is 4. The Morgan fingerprint density at radius 3 is 2.33 bits per heavy atom. The maximum atomic E-state index is 13.2. The van der Waals surface area contributed by atoms with Crippen LogP contribution in [0.25, 0.3) is 17.1 Å². The Morgan fingerprint density at radius 1 is 0.967 bits per heavy atom. The molecule has 0 saturated carbocycles. The lowest BCUT2D eigenvalue weighted by Gasteiger charge is -2.11. The highest BCUT2D eigenvalue weighted by Crippen LogP contribution is 2.30. The lowest BCUT2D eigenvalue weighted by atomic mass is 10.2. The second kappa shape index (κ2) is 8.92. The first-order chi connectivity index (χ1) is 14.6. The molecule has 0 aliphatic heterocycles. The molecule has 0 radical (unpaired) electrons. The Balaban J connectivity index is 1.67. The monoisotopic (exact) mass is 418 g/mol. The number of nitrogens with one attached hydrogen (secondary N) is 1. The van der Waals surface area contributed by atoms with Crippen molar-refractivity contribution in [3.05, 3.63) is 90.2 Å². The van der Waals surface area contributed by atoms with Gasteiger partial charge in [-0.05, 0) is 54.1 Å². The zero-order chi connectivity index (χ0) is 20.9. The van der Waals surface area contributed by atoms with E-state index in [9.17, 15) is 9.18 Å². The van der Waals surface area contributed by atoms with Gasteiger partial charge < -0.3 is 5.32 Å². The van der Waals surface area contributed by atoms with Gasteiger partial charge in [0.2, 0.25) is 5.91 Å². The van der Waals surface area contributed by atoms with Crippen LogP contribution in [0.15, 0.2) is 84.0 Å². The van der Waals surface area contributed by atoms with Gasteiger partial charge >= 0.3 is 0 Å². The van der Waals surface area contributed by atoms with Crippen LogP contribution in [0.5, 0.6) is 0 Å². The van der Waals surface area contributed by atoms with Crippen LogP contribution in [0.3, 0.4) is 0 Å². The second-order valence-corrected chi connectivity index (χ2v) is 7.59. The number of anilines is 1. The molecular weight excluding hydrogens is 399 g/mol. The number of carbonyl (C=O) groups is 1. The summed E-state index contributed by atoms with van der Waals surface area (Å²) in [4.78, 5) is 11.3. The minimum Gasteiger partial charge on any atom is -0.326 e. The summed E-state index contributed by atoms with van der Waals surface area (Å²) >= 11 is 1.54. The predicted octanol–water partition coefficient (Wildman–Crippen LogP) is 5.32. The highest BCUT2D eigenvalue weighted by atomic mass is 32.2. The molecule has 1 N–H and O–H groups in total. The van der Waals surface area contributed by atoms with Crippen LogP contribution in [-0.2, 0) is 10.5 Å². The third-order valence-electron chi connectivity index (χ3n) is 4.39. The number of halogens is 1. The number of para-hydroxylation sites is 1. The third kappa shape index (κ3) is 4.58. The lowest BCUT2D eigenvalue weighted by Crippen LogP contribution is -2.05. The van der Waals surface area contributed by atoms with Crippen LogP contribution < -0.4 is 5.32 Å². The van der Waals surface area contributed by atoms with Gasteiger partial charge in [0.15, 0.2) is 11.0 Å². The lowest BCUT2D eigenvalue weighted by molar-refractivity contribution is -0.114. The topological polar surface area (TPSA) is 59.8 Å². The third-order valence-corrected chi connectivity index (χ3v) is 5.39. The Kier molecular flexibility index (Phi) is 5.90. The first kappa shape index (κ1) is 19.8. The first-order valence-electron chi connectivity index (χ1n) is 9.36. The van der Waals surface area contributed by atoms with Crippen molar-refractivity contribution in [3.8, 4) is 17.1 Å². The molecule has 1 aromatic heterocycles. The van der Waals surface area contributed by atoms with Crippen molar-refractivity contribution in [2.45, 2.75) is 17.8 Å². The van der Waals surface area contributed by atoms with Crippen LogP contribution in [0, 0.1) is 5.82 Å². The largest absolute Gasteiger partial charge is 0.326 e. The van der Waals surface area contributed by atoms with Crippen LogP contribution in [0.2, 0.25) is 0 Å². The highest BCUT2D eigenvalue weighted by Gasteiger charge is 2.16. The normalized spacial score (nSPS) is 10.7. The molecule has 4 aromatic rings. The number of benzene rings is 3. The number of aromatic nitrogens is 3. The fourth-order valence-electron chi connectivity index (χ4n) is 2.99. The second-order valence-electron chi connectivity index (χ2n) is 6.65. The molecule has 150 valence electrons. The molecule has 3 aromatic carbocycles. The molecule has 0 unspecified atom stereocenters. The van der Waals surface area contributed by atoms with E-state index in [1.807, 2.05) is 59.2 Å². The molecule has 0 bridgehead atoms. The van der Waals surface area contributed by atoms with E-state index in [1.54, 1.807) is 12.1 Å². The van der Waals surface area contributed by atoms with Gasteiger partial charge in [0, 0.05) is 29.6 Å². The predicted molar refractivity (Wildman–Crippen MR) is 117 cm³/mol. The molecular formula is C23H19FN4OS. The molecule has 1 amide bonds. The van der Waals surface area contributed by atoms with Crippen molar-refractivity contribution in [2.24, 2.45) is 0 Å². The van der Waals surface area contributed by atoms with E-state index in [-0.39, 0.29) is 11.7 Å². The molecule has 0 aliphatic rings. The van der Waals surface area contributed by atoms with Crippen molar-refractivity contribution < 1.29 is 9.18 Å². The minimum atomic E-state index is -0.249. The summed E-state index contributed by atoms with van der Waals surface area (Å²) < 4.78 is 15.2. The standard InChI is InChI=1S/C23H19FN4OS/c1-16(29)25-20-13-9-18(10-14-20)22-26-27-23(28(22)21-5-3-2-4-6-21)30-15-17-7-11-19(24)12-8-17/h2-14H,15H2,1H3,(H,25,29). The maximum absolute atomic E-state index is 13.2. The van der Waals surface area contributed by atoms with E-state index in [0.717, 1.165) is 27.7 Å². The average Bonchev–Trinajstić information content (AvgIpc) is 3.18. The van der Waals surface area contributed by atoms with Gasteiger partial charge in [-0.15, -0.1) is 10.2 Å². The smallest absolute Gasteiger partial charge is 0.221 e. The number of thioether (sulfide) groups is 1. The zero-order valence-corrected chi connectivity index (χ0v) is 17.1. The first-order valence-corrected chi connectivity index (χ1v) is 10.3. The SMILES string of the molecule is CC(=O)Nc1ccc(-c2nnc(SCc3ccc(F)cc3)n2-c2ccccc2)cc1. The molecule has 0 atom stereocenters. The van der Waals surface area contributed by atoms with E-state index < -0.39 is 0 Å². The Morgan fingerprint density at radius 2 is 1.67 bits per heavy atom. The number of nitrogens with zero attached hydrogens (tertiary/aromatic N) is 3. The summed E-state index contributed by atoms with van der Waals surface area (Å²) in [6.45, 7) is 1.48. The summed E-state index contributed by atoms with van der Waals surface area (Å²) in [6, 6.07) is 23.8. The number of amides is 1. The molecule has 0 aliphatic carbocycles. The molecule has 0 spiro atoms. The van der Waals surface area contributed by atoms with Gasteiger partial charge in [0.05, 0.1) is 0 Å². The zero-order valence-electron chi connectivity index (χ0n) is 16.2. The van der Waals surface area contributed by atoms with Gasteiger partial charge in [-0.3, -0.25) is 9.36 Å². The van der Waals surface area contributed by atoms with Gasteiger partial charge in [-0.1, -0.05) is 42.1 Å². The average molecular weight is 418 g/mol.